The van der Waals surface area contributed by atoms with Gasteiger partial charge in [-0.25, -0.2) is 0 Å². The van der Waals surface area contributed by atoms with Crippen LogP contribution in [0.1, 0.15) is 20.8 Å². The fourth-order valence-corrected chi connectivity index (χ4v) is 12.1. The smallest absolute Gasteiger partial charge is 0.217 e. The van der Waals surface area contributed by atoms with Crippen LogP contribution in [0, 0.1) is 0 Å². The Bertz CT molecular complexity index is 2360. The van der Waals surface area contributed by atoms with Gasteiger partial charge in [0.25, 0.3) is 0 Å². The van der Waals surface area contributed by atoms with Crippen LogP contribution in [0.2, 0.25) is 0 Å². The number of hydrogen-bond donors (Lipinski definition) is 25. The second-order valence-electron chi connectivity index (χ2n) is 23.9. The molecule has 0 radical (unpaired) electrons. The van der Waals surface area contributed by atoms with Crippen molar-refractivity contribution in [1.82, 2.24) is 10.6 Å². The number of aliphatic hydroxyl groups is 23. The van der Waals surface area contributed by atoms with Gasteiger partial charge >= 0.3 is 0 Å². The molecule has 42 heteroatoms. The van der Waals surface area contributed by atoms with Crippen molar-refractivity contribution in [2.75, 3.05) is 46.2 Å². The zero-order valence-corrected chi connectivity index (χ0v) is 50.3. The van der Waals surface area contributed by atoms with E-state index in [9.17, 15) is 127 Å². The molecule has 42 nitrogen and oxygen atoms in total. The van der Waals surface area contributed by atoms with Crippen LogP contribution >= 0.6 is 0 Å². The second kappa shape index (κ2) is 33.3. The Kier molecular flexibility index (Phi) is 27.3. The number of ether oxygens (including phenoxy) is 15. The Morgan fingerprint density at radius 3 is 1.05 bits per heavy atom. The molecule has 8 heterocycles. The fourth-order valence-electron chi connectivity index (χ4n) is 12.1. The van der Waals surface area contributed by atoms with Crippen molar-refractivity contribution in [3.8, 4) is 0 Å². The summed E-state index contributed by atoms with van der Waals surface area (Å²) >= 11 is 0. The molecule has 94 heavy (non-hydrogen) atoms. The minimum atomic E-state index is -2.46. The maximum atomic E-state index is 13.1. The zero-order chi connectivity index (χ0) is 69.2. The van der Waals surface area contributed by atoms with E-state index in [0.29, 0.717) is 0 Å². The Balaban J connectivity index is 1.08. The molecule has 0 saturated carbocycles. The third-order valence-electron chi connectivity index (χ3n) is 17.4. The predicted molar refractivity (Wildman–Crippen MR) is 286 cm³/mol. The van der Waals surface area contributed by atoms with Crippen LogP contribution in [-0.4, -0.2) is 421 Å². The SMILES string of the molecule is CC(=O)N[C@@H]1[C@@H](O)[C@H](O[C@@H]2O[C@H](CO)[C@@H](O[C@@H]3O[C@H](CO[C@H]4O[C@H](CO)[C@@H](O)[C@H](O)[C@@H]4O)[C@@H](O[C@@H]4O[C@H](CO)[C@H](O)[C@H](O)[C@H]4O)[C@H](O[C@H]4O[C@H](CO)[C@@H](O)[C@H](O)[C@@H]4O)[C@@H]3O)[C@H](O)[C@H]2NC(C)=O)[C@@H](CO[C@@H]2O[C@@H](C)[C@@H](O[C@@H]3O[C@H](CO)[C@H](O)[C@H](O)[C@H]3O)[C@@H](O)[C@@H]2O)O[C@H]1O. The van der Waals surface area contributed by atoms with Gasteiger partial charge in [0, 0.05) is 13.8 Å². The summed E-state index contributed by atoms with van der Waals surface area (Å²) in [7, 11) is 0. The highest BCUT2D eigenvalue weighted by atomic mass is 16.8. The van der Waals surface area contributed by atoms with Gasteiger partial charge in [-0.15, -0.1) is 0 Å². The van der Waals surface area contributed by atoms with E-state index >= 15 is 0 Å². The average Bonchev–Trinajstić information content (AvgIpc) is 0.781. The standard InChI is InChI=1S/C52H88N2O40/c1-11-40(90-49-35(74)30(69)24(63)15(5-56)85-49)33(72)38(77)47(82-11)80-9-19-42(27(66)21(45(79)83-19)53-12(2)60)91-46-22(54-13(3)61)28(67)41(18(8-59)88-46)92-52-39(78)44(94-51-37(76)32(71)26(65)17(7-58)87-51)43(93-50-36(75)31(70)25(64)16(6-57)86-50)20(89-52)10-81-48-34(73)29(68)23(62)14(4-55)84-48/h11,14-52,55-59,62-79H,4-10H2,1-3H3,(H,53,60)(H,54,61)/t11-,14+,15+,16+,17+,18+,19+,20+,21+,22+,23+,24-,25-,26+,27+,28+,29-,30-,31-,32-,33-,34-,35+,36+,37-,38-,39-,40+,41+,42+,43+,44+,45+,46-,47+,48-,49-,50-,51+,52-/m0/s1. The number of carbonyl (C=O) groups is 2. The van der Waals surface area contributed by atoms with Crippen molar-refractivity contribution in [2.45, 2.75) is 266 Å². The van der Waals surface area contributed by atoms with Crippen molar-refractivity contribution >= 4 is 11.8 Å². The van der Waals surface area contributed by atoms with Gasteiger partial charge < -0.3 is 199 Å². The molecule has 8 fully saturated rings. The Morgan fingerprint density at radius 2 is 0.606 bits per heavy atom. The van der Waals surface area contributed by atoms with E-state index in [2.05, 4.69) is 10.6 Å². The normalized spacial score (nSPS) is 51.2. The molecule has 8 aliphatic heterocycles. The van der Waals surface area contributed by atoms with Crippen molar-refractivity contribution in [2.24, 2.45) is 0 Å². The lowest BCUT2D eigenvalue weighted by molar-refractivity contribution is -0.402. The molecule has 0 aromatic rings. The third kappa shape index (κ3) is 16.6. The Hall–Kier alpha value is -2.58. The highest BCUT2D eigenvalue weighted by Gasteiger charge is 2.59. The highest BCUT2D eigenvalue weighted by molar-refractivity contribution is 5.73. The van der Waals surface area contributed by atoms with E-state index in [1.54, 1.807) is 0 Å². The van der Waals surface area contributed by atoms with E-state index in [1.807, 2.05) is 0 Å². The second-order valence-corrected chi connectivity index (χ2v) is 23.9. The lowest BCUT2D eigenvalue weighted by atomic mass is 9.93. The Morgan fingerprint density at radius 1 is 0.298 bits per heavy atom. The molecule has 0 unspecified atom stereocenters. The minimum Gasteiger partial charge on any atom is -0.394 e. The van der Waals surface area contributed by atoms with Gasteiger partial charge in [0.2, 0.25) is 11.8 Å². The molecule has 8 rings (SSSR count). The lowest BCUT2D eigenvalue weighted by Gasteiger charge is -2.51. The lowest BCUT2D eigenvalue weighted by Crippen LogP contribution is -2.71. The first-order valence-corrected chi connectivity index (χ1v) is 30.0. The van der Waals surface area contributed by atoms with Crippen LogP contribution in [0.4, 0.5) is 0 Å². The Labute approximate surface area is 532 Å². The fraction of sp³-hybridized carbons (Fsp3) is 0.962. The topological polar surface area (TPSA) is 662 Å². The highest BCUT2D eigenvalue weighted by Crippen LogP contribution is 2.39. The summed E-state index contributed by atoms with van der Waals surface area (Å²) in [5.74, 6) is -1.77. The largest absolute Gasteiger partial charge is 0.394 e. The summed E-state index contributed by atoms with van der Waals surface area (Å²) in [6.45, 7) is -3.70. The summed E-state index contributed by atoms with van der Waals surface area (Å²) in [5, 5.41) is 254. The van der Waals surface area contributed by atoms with E-state index in [0.717, 1.165) is 13.8 Å². The molecule has 2 amide bonds. The summed E-state index contributed by atoms with van der Waals surface area (Å²) in [4.78, 5) is 25.4. The van der Waals surface area contributed by atoms with Gasteiger partial charge in [-0.3, -0.25) is 9.59 Å². The number of rotatable bonds is 23. The van der Waals surface area contributed by atoms with Crippen molar-refractivity contribution in [3.05, 3.63) is 0 Å². The molecule has 8 saturated heterocycles. The van der Waals surface area contributed by atoms with Gasteiger partial charge in [-0.05, 0) is 6.92 Å². The maximum Gasteiger partial charge on any atom is 0.217 e. The molecule has 546 valence electrons. The van der Waals surface area contributed by atoms with E-state index < -0.39 is 304 Å². The van der Waals surface area contributed by atoms with Crippen LogP contribution in [0.5, 0.6) is 0 Å². The van der Waals surface area contributed by atoms with Gasteiger partial charge in [0.15, 0.2) is 50.3 Å². The molecule has 0 aromatic carbocycles. The molecular weight excluding hydrogens is 1290 g/mol. The van der Waals surface area contributed by atoms with Crippen molar-refractivity contribution in [1.29, 1.82) is 0 Å². The summed E-state index contributed by atoms with van der Waals surface area (Å²) in [5.41, 5.74) is 0. The number of nitrogens with one attached hydrogen (secondary N) is 2. The summed E-state index contributed by atoms with van der Waals surface area (Å²) in [6, 6.07) is -3.69. The zero-order valence-electron chi connectivity index (χ0n) is 50.3. The summed E-state index contributed by atoms with van der Waals surface area (Å²) in [6.07, 6.45) is -75.1. The third-order valence-corrected chi connectivity index (χ3v) is 17.4. The molecule has 0 spiro atoms. The summed E-state index contributed by atoms with van der Waals surface area (Å²) < 4.78 is 87.6. The number of amides is 2. The van der Waals surface area contributed by atoms with Crippen molar-refractivity contribution in [3.63, 3.8) is 0 Å². The molecule has 8 aliphatic rings. The first-order valence-electron chi connectivity index (χ1n) is 30.0. The van der Waals surface area contributed by atoms with Crippen LogP contribution in [0.25, 0.3) is 0 Å². The first kappa shape index (κ1) is 77.2. The molecular formula is C52H88N2O40. The van der Waals surface area contributed by atoms with Crippen LogP contribution in [0.15, 0.2) is 0 Å². The minimum absolute atomic E-state index is 0.828. The first-order chi connectivity index (χ1) is 44.4. The molecule has 0 aromatic heterocycles. The quantitative estimate of drug-likeness (QED) is 0.0452. The van der Waals surface area contributed by atoms with Gasteiger partial charge in [0.05, 0.1) is 52.4 Å². The van der Waals surface area contributed by atoms with Crippen LogP contribution in [-0.2, 0) is 80.6 Å². The monoisotopic (exact) mass is 1380 g/mol. The average molecular weight is 1380 g/mol. The maximum absolute atomic E-state index is 13.1. The number of carbonyl (C=O) groups excluding carboxylic acids is 2. The number of aliphatic hydroxyl groups excluding tert-OH is 23. The van der Waals surface area contributed by atoms with Crippen LogP contribution in [0.3, 0.4) is 0 Å². The molecule has 40 atom stereocenters. The van der Waals surface area contributed by atoms with Gasteiger partial charge in [0.1, 0.15) is 189 Å². The van der Waals surface area contributed by atoms with Crippen LogP contribution < -0.4 is 10.6 Å². The molecule has 0 aliphatic carbocycles. The van der Waals surface area contributed by atoms with E-state index in [4.69, 9.17) is 71.1 Å². The van der Waals surface area contributed by atoms with Gasteiger partial charge in [-0.2, -0.15) is 0 Å². The predicted octanol–water partition coefficient (Wildman–Crippen LogP) is -17.1. The van der Waals surface area contributed by atoms with E-state index in [1.165, 1.54) is 6.92 Å². The molecule has 0 bridgehead atoms. The van der Waals surface area contributed by atoms with Gasteiger partial charge in [-0.1, -0.05) is 0 Å². The van der Waals surface area contributed by atoms with Crippen molar-refractivity contribution < 1.29 is 198 Å². The number of hydrogen-bond acceptors (Lipinski definition) is 40. The van der Waals surface area contributed by atoms with E-state index in [-0.39, 0.29) is 0 Å². The molecule has 25 N–H and O–H groups in total.